The molecular formula is C17H18N6O. The molecule has 0 bridgehead atoms. The van der Waals surface area contributed by atoms with Crippen LogP contribution in [-0.4, -0.2) is 48.5 Å². The van der Waals surface area contributed by atoms with Gasteiger partial charge in [-0.2, -0.15) is 5.10 Å². The summed E-state index contributed by atoms with van der Waals surface area (Å²) in [5.74, 6) is 0.985. The smallest absolute Gasteiger partial charge is 0.259 e. The maximum Gasteiger partial charge on any atom is 0.259 e. The molecule has 3 aromatic rings. The average molecular weight is 322 g/mol. The molecule has 7 heteroatoms. The Bertz CT molecular complexity index is 898. The Hall–Kier alpha value is -2.83. The first kappa shape index (κ1) is 14.7. The summed E-state index contributed by atoms with van der Waals surface area (Å²) in [5, 5.41) is 4.19. The van der Waals surface area contributed by atoms with Crippen molar-refractivity contribution in [3.05, 3.63) is 53.5 Å². The highest BCUT2D eigenvalue weighted by Crippen LogP contribution is 2.26. The Balaban J connectivity index is 1.57. The quantitative estimate of drug-likeness (QED) is 0.718. The molecule has 0 spiro atoms. The summed E-state index contributed by atoms with van der Waals surface area (Å²) in [4.78, 5) is 28.0. The van der Waals surface area contributed by atoms with E-state index in [2.05, 4.69) is 20.1 Å². The lowest BCUT2D eigenvalue weighted by Crippen LogP contribution is -2.28. The molecule has 0 aromatic carbocycles. The van der Waals surface area contributed by atoms with Crippen LogP contribution in [0.4, 0.5) is 0 Å². The van der Waals surface area contributed by atoms with Gasteiger partial charge < -0.3 is 4.90 Å². The number of nitrogens with zero attached hydrogens (tertiary/aromatic N) is 6. The zero-order chi connectivity index (χ0) is 16.7. The Kier molecular flexibility index (Phi) is 3.48. The van der Waals surface area contributed by atoms with Crippen molar-refractivity contribution in [2.75, 3.05) is 13.1 Å². The van der Waals surface area contributed by atoms with E-state index in [1.807, 2.05) is 24.8 Å². The minimum atomic E-state index is -0.0319. The summed E-state index contributed by atoms with van der Waals surface area (Å²) >= 11 is 0. The van der Waals surface area contributed by atoms with Crippen LogP contribution in [0.25, 0.3) is 5.65 Å². The number of carbonyl (C=O) groups is 1. The molecule has 122 valence electrons. The second kappa shape index (κ2) is 5.67. The first-order chi connectivity index (χ1) is 11.6. The number of hydrogen-bond acceptors (Lipinski definition) is 5. The zero-order valence-corrected chi connectivity index (χ0v) is 13.7. The second-order valence-electron chi connectivity index (χ2n) is 6.19. The van der Waals surface area contributed by atoms with E-state index in [1.165, 1.54) is 0 Å². The van der Waals surface area contributed by atoms with Crippen LogP contribution in [0.5, 0.6) is 0 Å². The number of aryl methyl sites for hydroxylation is 2. The number of hydrogen-bond donors (Lipinski definition) is 0. The third kappa shape index (κ3) is 2.51. The number of aromatic nitrogens is 5. The summed E-state index contributed by atoms with van der Waals surface area (Å²) < 4.78 is 1.62. The van der Waals surface area contributed by atoms with Gasteiger partial charge in [-0.05, 0) is 32.4 Å². The fourth-order valence-electron chi connectivity index (χ4n) is 3.24. The topological polar surface area (TPSA) is 76.3 Å². The van der Waals surface area contributed by atoms with Crippen molar-refractivity contribution in [3.8, 4) is 0 Å². The molecule has 1 aliphatic rings. The summed E-state index contributed by atoms with van der Waals surface area (Å²) in [6, 6.07) is 3.75. The molecule has 1 fully saturated rings. The van der Waals surface area contributed by atoms with Gasteiger partial charge in [0.1, 0.15) is 11.4 Å². The highest BCUT2D eigenvalue weighted by molar-refractivity contribution is 5.99. The number of likely N-dealkylation sites (tertiary alicyclic amines) is 1. The molecule has 1 atom stereocenters. The number of carbonyl (C=O) groups excluding carboxylic acids is 1. The average Bonchev–Trinajstić information content (AvgIpc) is 3.21. The van der Waals surface area contributed by atoms with Crippen LogP contribution in [0.1, 0.15) is 39.9 Å². The zero-order valence-electron chi connectivity index (χ0n) is 13.7. The van der Waals surface area contributed by atoms with E-state index in [1.54, 1.807) is 29.2 Å². The van der Waals surface area contributed by atoms with Crippen molar-refractivity contribution in [1.82, 2.24) is 29.5 Å². The second-order valence-corrected chi connectivity index (χ2v) is 6.19. The molecule has 4 heterocycles. The predicted molar refractivity (Wildman–Crippen MR) is 87.8 cm³/mol. The highest BCUT2D eigenvalue weighted by Gasteiger charge is 2.31. The maximum atomic E-state index is 12.8. The lowest BCUT2D eigenvalue weighted by atomic mass is 10.1. The molecule has 3 aromatic heterocycles. The molecule has 4 rings (SSSR count). The molecule has 1 saturated heterocycles. The van der Waals surface area contributed by atoms with Crippen LogP contribution in [0.2, 0.25) is 0 Å². The van der Waals surface area contributed by atoms with E-state index in [9.17, 15) is 4.79 Å². The van der Waals surface area contributed by atoms with Crippen molar-refractivity contribution in [2.45, 2.75) is 26.2 Å². The lowest BCUT2D eigenvalue weighted by Gasteiger charge is -2.15. The first-order valence-corrected chi connectivity index (χ1v) is 8.01. The number of amides is 1. The van der Waals surface area contributed by atoms with E-state index in [0.29, 0.717) is 24.3 Å². The first-order valence-electron chi connectivity index (χ1n) is 8.01. The van der Waals surface area contributed by atoms with Crippen molar-refractivity contribution < 1.29 is 4.79 Å². The van der Waals surface area contributed by atoms with Crippen molar-refractivity contribution in [3.63, 3.8) is 0 Å². The summed E-state index contributed by atoms with van der Waals surface area (Å²) in [7, 11) is 0. The molecule has 0 radical (unpaired) electrons. The normalized spacial score (nSPS) is 17.6. The molecular weight excluding hydrogens is 304 g/mol. The van der Waals surface area contributed by atoms with E-state index in [4.69, 9.17) is 0 Å². The monoisotopic (exact) mass is 322 g/mol. The van der Waals surface area contributed by atoms with Crippen LogP contribution in [-0.2, 0) is 0 Å². The van der Waals surface area contributed by atoms with Crippen LogP contribution >= 0.6 is 0 Å². The third-order valence-electron chi connectivity index (χ3n) is 4.35. The molecule has 0 saturated carbocycles. The third-order valence-corrected chi connectivity index (χ3v) is 4.35. The van der Waals surface area contributed by atoms with Crippen LogP contribution in [0.15, 0.2) is 30.7 Å². The van der Waals surface area contributed by atoms with E-state index in [0.717, 1.165) is 23.6 Å². The van der Waals surface area contributed by atoms with Gasteiger partial charge in [-0.3, -0.25) is 4.79 Å². The van der Waals surface area contributed by atoms with Crippen molar-refractivity contribution in [2.24, 2.45) is 0 Å². The van der Waals surface area contributed by atoms with E-state index < -0.39 is 0 Å². The van der Waals surface area contributed by atoms with Crippen LogP contribution < -0.4 is 0 Å². The minimum absolute atomic E-state index is 0.0319. The summed E-state index contributed by atoms with van der Waals surface area (Å²) in [6.07, 6.45) is 5.92. The van der Waals surface area contributed by atoms with Crippen LogP contribution in [0, 0.1) is 13.8 Å². The van der Waals surface area contributed by atoms with Gasteiger partial charge >= 0.3 is 0 Å². The van der Waals surface area contributed by atoms with Gasteiger partial charge in [0.15, 0.2) is 5.65 Å². The summed E-state index contributed by atoms with van der Waals surface area (Å²) in [5.41, 5.74) is 3.06. The molecule has 1 unspecified atom stereocenters. The number of fused-ring (bicyclic) bond motifs is 1. The standard InChI is InChI=1S/C17H18N6O/c1-11-8-12(2)21-15(20-11)13-4-7-22(10-13)17(24)14-9-19-23-6-3-5-18-16(14)23/h3,5-6,8-9,13H,4,7,10H2,1-2H3. The highest BCUT2D eigenvalue weighted by atomic mass is 16.2. The molecule has 1 aliphatic heterocycles. The maximum absolute atomic E-state index is 12.8. The Morgan fingerprint density at radius 1 is 1.25 bits per heavy atom. The van der Waals surface area contributed by atoms with Crippen molar-refractivity contribution >= 4 is 11.6 Å². The number of rotatable bonds is 2. The van der Waals surface area contributed by atoms with Gasteiger partial charge in [-0.1, -0.05) is 0 Å². The molecule has 0 aliphatic carbocycles. The van der Waals surface area contributed by atoms with Gasteiger partial charge in [0.05, 0.1) is 6.20 Å². The molecule has 7 nitrogen and oxygen atoms in total. The fourth-order valence-corrected chi connectivity index (χ4v) is 3.24. The lowest BCUT2D eigenvalue weighted by molar-refractivity contribution is 0.0792. The fraction of sp³-hybridized carbons (Fsp3) is 0.353. The minimum Gasteiger partial charge on any atom is -0.338 e. The van der Waals surface area contributed by atoms with Gasteiger partial charge in [0, 0.05) is 42.8 Å². The molecule has 0 N–H and O–H groups in total. The van der Waals surface area contributed by atoms with Gasteiger partial charge in [-0.15, -0.1) is 0 Å². The van der Waals surface area contributed by atoms with Crippen LogP contribution in [0.3, 0.4) is 0 Å². The van der Waals surface area contributed by atoms with Gasteiger partial charge in [0.2, 0.25) is 0 Å². The van der Waals surface area contributed by atoms with Gasteiger partial charge in [-0.25, -0.2) is 19.5 Å². The Morgan fingerprint density at radius 3 is 2.83 bits per heavy atom. The molecule has 1 amide bonds. The summed E-state index contributed by atoms with van der Waals surface area (Å²) in [6.45, 7) is 5.28. The Morgan fingerprint density at radius 2 is 2.04 bits per heavy atom. The SMILES string of the molecule is Cc1cc(C)nc(C2CCN(C(=O)c3cnn4cccnc34)C2)n1. The Labute approximate surface area is 139 Å². The van der Waals surface area contributed by atoms with E-state index in [-0.39, 0.29) is 11.8 Å². The van der Waals surface area contributed by atoms with Gasteiger partial charge in [0.25, 0.3) is 5.91 Å². The van der Waals surface area contributed by atoms with Crippen molar-refractivity contribution in [1.29, 1.82) is 0 Å². The largest absolute Gasteiger partial charge is 0.338 e. The van der Waals surface area contributed by atoms with E-state index >= 15 is 0 Å². The predicted octanol–water partition coefficient (Wildman–Crippen LogP) is 1.77. The molecule has 24 heavy (non-hydrogen) atoms.